The molecule has 1 atom stereocenters. The quantitative estimate of drug-likeness (QED) is 0.469. The fourth-order valence-electron chi connectivity index (χ4n) is 5.25. The van der Waals surface area contributed by atoms with Crippen LogP contribution in [0.4, 0.5) is 33.6 Å². The van der Waals surface area contributed by atoms with Crippen molar-refractivity contribution in [2.24, 2.45) is 0 Å². The van der Waals surface area contributed by atoms with Gasteiger partial charge in [-0.2, -0.15) is 4.98 Å². The van der Waals surface area contributed by atoms with E-state index in [0.29, 0.717) is 30.5 Å². The van der Waals surface area contributed by atoms with E-state index in [-0.39, 0.29) is 18.0 Å². The number of nitrogens with zero attached hydrogens (tertiary/aromatic N) is 6. The maximum Gasteiger partial charge on any atom is 0.326 e. The molecule has 2 N–H and O–H groups in total. The van der Waals surface area contributed by atoms with E-state index < -0.39 is 0 Å². The second-order valence-electron chi connectivity index (χ2n) is 9.82. The van der Waals surface area contributed by atoms with Gasteiger partial charge >= 0.3 is 6.03 Å². The number of carbonyl (C=O) groups is 2. The Morgan fingerprint density at radius 3 is 2.63 bits per heavy atom. The Kier molecular flexibility index (Phi) is 6.16. The summed E-state index contributed by atoms with van der Waals surface area (Å²) in [6, 6.07) is 15.5. The minimum atomic E-state index is -0.289. The fourth-order valence-corrected chi connectivity index (χ4v) is 5.25. The molecule has 4 heterocycles. The molecule has 0 spiro atoms. The van der Waals surface area contributed by atoms with Crippen LogP contribution in [-0.2, 0) is 11.3 Å². The summed E-state index contributed by atoms with van der Waals surface area (Å²) in [6.45, 7) is 8.59. The lowest BCUT2D eigenvalue weighted by Gasteiger charge is -2.34. The number of anilines is 5. The van der Waals surface area contributed by atoms with Gasteiger partial charge in [-0.25, -0.2) is 9.78 Å². The highest BCUT2D eigenvalue weighted by Crippen LogP contribution is 2.44. The summed E-state index contributed by atoms with van der Waals surface area (Å²) in [7, 11) is 2.15. The molecule has 3 amide bonds. The molecule has 3 aliphatic rings. The number of nitrogens with one attached hydrogen (secondary N) is 2. The van der Waals surface area contributed by atoms with E-state index in [9.17, 15) is 9.59 Å². The number of rotatable bonds is 7. The number of carbonyl (C=O) groups excluding carboxylic acids is 2. The Morgan fingerprint density at radius 2 is 1.87 bits per heavy atom. The van der Waals surface area contributed by atoms with E-state index in [1.54, 1.807) is 16.0 Å². The Balaban J connectivity index is 1.15. The smallest absolute Gasteiger partial charge is 0.326 e. The third-order valence-electron chi connectivity index (χ3n) is 7.41. The normalized spacial score (nSPS) is 18.5. The molecule has 0 radical (unpaired) electrons. The van der Waals surface area contributed by atoms with Crippen molar-refractivity contribution in [3.8, 4) is 0 Å². The van der Waals surface area contributed by atoms with Crippen LogP contribution in [0.2, 0.25) is 0 Å². The highest BCUT2D eigenvalue weighted by atomic mass is 16.2. The summed E-state index contributed by atoms with van der Waals surface area (Å²) in [4.78, 5) is 42.6. The van der Waals surface area contributed by atoms with E-state index in [1.165, 1.54) is 11.8 Å². The molecule has 1 aromatic heterocycles. The van der Waals surface area contributed by atoms with Crippen LogP contribution < -0.4 is 20.4 Å². The van der Waals surface area contributed by atoms with Crippen LogP contribution in [0, 0.1) is 0 Å². The van der Waals surface area contributed by atoms with Crippen LogP contribution in [0.3, 0.4) is 0 Å². The molecular weight excluding hydrogens is 480 g/mol. The molecule has 0 aliphatic carbocycles. The highest BCUT2D eigenvalue weighted by Gasteiger charge is 2.48. The number of para-hydroxylation sites is 1. The van der Waals surface area contributed by atoms with Crippen molar-refractivity contribution in [2.75, 3.05) is 60.2 Å². The molecule has 3 aromatic rings. The van der Waals surface area contributed by atoms with Gasteiger partial charge in [0, 0.05) is 55.0 Å². The first-order chi connectivity index (χ1) is 18.5. The minimum Gasteiger partial charge on any atom is -0.369 e. The maximum absolute atomic E-state index is 13.3. The van der Waals surface area contributed by atoms with Gasteiger partial charge in [-0.15, -0.1) is 0 Å². The Bertz CT molecular complexity index is 1380. The van der Waals surface area contributed by atoms with E-state index in [0.717, 1.165) is 43.0 Å². The van der Waals surface area contributed by atoms with Crippen LogP contribution in [0.25, 0.3) is 0 Å². The van der Waals surface area contributed by atoms with Crippen LogP contribution >= 0.6 is 0 Å². The number of amides is 3. The van der Waals surface area contributed by atoms with Gasteiger partial charge in [0.05, 0.1) is 19.1 Å². The van der Waals surface area contributed by atoms with Gasteiger partial charge in [0.15, 0.2) is 0 Å². The predicted molar refractivity (Wildman–Crippen MR) is 148 cm³/mol. The SMILES string of the molecule is C=CC(=O)Nc1ccccc1CN1C(=O)N2CC1c1cnc(Nc3ccc(N4CCN(C)CC4)cc3)nc12. The van der Waals surface area contributed by atoms with Crippen molar-refractivity contribution in [1.82, 2.24) is 19.8 Å². The number of likely N-dealkylation sites (N-methyl/N-ethyl adjacent to an activating group) is 1. The monoisotopic (exact) mass is 510 g/mol. The molecule has 2 aromatic carbocycles. The second kappa shape index (κ2) is 9.79. The largest absolute Gasteiger partial charge is 0.369 e. The average molecular weight is 511 g/mol. The Hall–Kier alpha value is -4.44. The van der Waals surface area contributed by atoms with Gasteiger partial charge in [-0.05, 0) is 49.0 Å². The first-order valence-electron chi connectivity index (χ1n) is 12.8. The van der Waals surface area contributed by atoms with E-state index in [2.05, 4.69) is 56.2 Å². The topological polar surface area (TPSA) is 96.9 Å². The first-order valence-corrected chi connectivity index (χ1v) is 12.8. The lowest BCUT2D eigenvalue weighted by molar-refractivity contribution is -0.111. The van der Waals surface area contributed by atoms with Gasteiger partial charge in [-0.3, -0.25) is 9.69 Å². The van der Waals surface area contributed by atoms with Crippen molar-refractivity contribution < 1.29 is 9.59 Å². The number of piperazine rings is 1. The molecular formula is C28H30N8O2. The first kappa shape index (κ1) is 23.9. The molecule has 1 unspecified atom stereocenters. The summed E-state index contributed by atoms with van der Waals surface area (Å²) >= 11 is 0. The zero-order valence-corrected chi connectivity index (χ0v) is 21.3. The van der Waals surface area contributed by atoms with Gasteiger partial charge in [0.2, 0.25) is 11.9 Å². The molecule has 0 saturated carbocycles. The van der Waals surface area contributed by atoms with Crippen molar-refractivity contribution in [3.63, 3.8) is 0 Å². The minimum absolute atomic E-state index is 0.103. The van der Waals surface area contributed by atoms with Gasteiger partial charge < -0.3 is 25.3 Å². The molecule has 2 bridgehead atoms. The zero-order valence-electron chi connectivity index (χ0n) is 21.3. The van der Waals surface area contributed by atoms with Crippen molar-refractivity contribution >= 4 is 40.8 Å². The number of hydrogen-bond acceptors (Lipinski definition) is 7. The number of fused-ring (bicyclic) bond motifs is 5. The highest BCUT2D eigenvalue weighted by molar-refractivity contribution is 6.00. The van der Waals surface area contributed by atoms with Gasteiger partial charge in [0.1, 0.15) is 5.82 Å². The van der Waals surface area contributed by atoms with E-state index >= 15 is 0 Å². The zero-order chi connectivity index (χ0) is 26.2. The predicted octanol–water partition coefficient (Wildman–Crippen LogP) is 3.59. The standard InChI is InChI=1S/C28H30N8O2/c1-3-25(37)31-23-7-5-4-6-19(23)17-35-24-18-36(28(35)38)26-22(24)16-29-27(32-26)30-20-8-10-21(11-9-20)34-14-12-33(2)13-15-34/h3-11,16,24H,1,12-15,17-18H2,2H3,(H,31,37)(H,29,30,32). The third kappa shape index (κ3) is 4.43. The molecule has 38 heavy (non-hydrogen) atoms. The average Bonchev–Trinajstić information content (AvgIpc) is 3.46. The summed E-state index contributed by atoms with van der Waals surface area (Å²) in [5.74, 6) is 0.819. The summed E-state index contributed by atoms with van der Waals surface area (Å²) in [5.41, 5.74) is 4.54. The Labute approximate surface area is 221 Å². The molecule has 2 fully saturated rings. The van der Waals surface area contributed by atoms with Crippen LogP contribution in [0.5, 0.6) is 0 Å². The molecule has 2 saturated heterocycles. The number of benzene rings is 2. The molecule has 3 aliphatic heterocycles. The molecule has 10 nitrogen and oxygen atoms in total. The van der Waals surface area contributed by atoms with Crippen LogP contribution in [0.15, 0.2) is 67.4 Å². The molecule has 194 valence electrons. The van der Waals surface area contributed by atoms with Crippen LogP contribution in [0.1, 0.15) is 17.2 Å². The lowest BCUT2D eigenvalue weighted by atomic mass is 10.1. The summed E-state index contributed by atoms with van der Waals surface area (Å²) < 4.78 is 0. The van der Waals surface area contributed by atoms with E-state index in [1.807, 2.05) is 36.4 Å². The number of hydrogen-bond donors (Lipinski definition) is 2. The van der Waals surface area contributed by atoms with Crippen molar-refractivity contribution in [3.05, 3.63) is 78.5 Å². The Morgan fingerprint density at radius 1 is 1.11 bits per heavy atom. The molecule has 6 rings (SSSR count). The third-order valence-corrected chi connectivity index (χ3v) is 7.41. The van der Waals surface area contributed by atoms with Crippen LogP contribution in [-0.4, -0.2) is 71.5 Å². The van der Waals surface area contributed by atoms with Crippen molar-refractivity contribution in [2.45, 2.75) is 12.6 Å². The molecule has 10 heteroatoms. The second-order valence-corrected chi connectivity index (χ2v) is 9.82. The van der Waals surface area contributed by atoms with Gasteiger partial charge in [0.25, 0.3) is 0 Å². The summed E-state index contributed by atoms with van der Waals surface area (Å²) in [6.07, 6.45) is 3.03. The maximum atomic E-state index is 13.3. The fraction of sp³-hybridized carbons (Fsp3) is 0.286. The number of urea groups is 1. The van der Waals surface area contributed by atoms with Gasteiger partial charge in [-0.1, -0.05) is 24.8 Å². The van der Waals surface area contributed by atoms with E-state index in [4.69, 9.17) is 0 Å². The summed E-state index contributed by atoms with van der Waals surface area (Å²) in [5, 5.41) is 6.10. The number of aromatic nitrogens is 2. The lowest BCUT2D eigenvalue weighted by Crippen LogP contribution is -2.44. The van der Waals surface area contributed by atoms with Crippen molar-refractivity contribution in [1.29, 1.82) is 0 Å².